The Balaban J connectivity index is 3.43. The molecule has 6 heteroatoms. The molecule has 0 aliphatic heterocycles. The molecule has 0 atom stereocenters. The van der Waals surface area contributed by atoms with Crippen molar-refractivity contribution >= 4 is 11.8 Å². The average molecular weight is 212 g/mol. The van der Waals surface area contributed by atoms with Crippen molar-refractivity contribution in [2.24, 2.45) is 4.99 Å². The molecule has 0 amide bonds. The normalized spacial score (nSPS) is 10.3. The highest BCUT2D eigenvalue weighted by Gasteiger charge is 2.33. The molecule has 0 unspecified atom stereocenters. The maximum Gasteiger partial charge on any atom is 0.418 e. The first-order chi connectivity index (χ1) is 6.99. The molecule has 3 nitrogen and oxygen atoms in total. The second-order valence-electron chi connectivity index (χ2n) is 2.54. The van der Waals surface area contributed by atoms with Crippen LogP contribution >= 0.6 is 0 Å². The summed E-state index contributed by atoms with van der Waals surface area (Å²) in [7, 11) is 0. The van der Waals surface area contributed by atoms with E-state index in [2.05, 4.69) is 4.99 Å². The van der Waals surface area contributed by atoms with Crippen molar-refractivity contribution in [3.05, 3.63) is 29.3 Å². The third-order valence-corrected chi connectivity index (χ3v) is 1.60. The van der Waals surface area contributed by atoms with E-state index in [1.54, 1.807) is 6.07 Å². The fraction of sp³-hybridized carbons (Fsp3) is 0.111. The minimum absolute atomic E-state index is 0.146. The van der Waals surface area contributed by atoms with Gasteiger partial charge in [-0.25, -0.2) is 4.79 Å². The van der Waals surface area contributed by atoms with Crippen LogP contribution in [0.2, 0.25) is 0 Å². The Bertz CT molecular complexity index is 467. The third kappa shape index (κ3) is 2.42. The quantitative estimate of drug-likeness (QED) is 0.530. The summed E-state index contributed by atoms with van der Waals surface area (Å²) in [6, 6.07) is 4.30. The second kappa shape index (κ2) is 3.95. The van der Waals surface area contributed by atoms with Crippen LogP contribution in [0.1, 0.15) is 11.1 Å². The Morgan fingerprint density at radius 1 is 1.33 bits per heavy atom. The molecule has 0 spiro atoms. The Morgan fingerprint density at radius 3 is 2.47 bits per heavy atom. The summed E-state index contributed by atoms with van der Waals surface area (Å²) in [5, 5.41) is 8.42. The lowest BCUT2D eigenvalue weighted by atomic mass is 10.1. The number of hydrogen-bond acceptors (Lipinski definition) is 3. The molecular weight excluding hydrogens is 209 g/mol. The summed E-state index contributed by atoms with van der Waals surface area (Å²) in [6.07, 6.45) is -3.62. The standard InChI is InChI=1S/C9H3F3N2O/c10-9(11,12)7-3-6(4-13)1-2-8(7)14-5-15/h1-3H. The molecule has 0 saturated heterocycles. The van der Waals surface area contributed by atoms with Gasteiger partial charge < -0.3 is 0 Å². The predicted octanol–water partition coefficient (Wildman–Crippen LogP) is 2.54. The van der Waals surface area contributed by atoms with Gasteiger partial charge in [-0.05, 0) is 18.2 Å². The SMILES string of the molecule is N#Cc1ccc(N=C=O)c(C(F)(F)F)c1. The highest BCUT2D eigenvalue weighted by Crippen LogP contribution is 2.36. The van der Waals surface area contributed by atoms with Gasteiger partial charge in [-0.1, -0.05) is 0 Å². The molecule has 0 N–H and O–H groups in total. The lowest BCUT2D eigenvalue weighted by molar-refractivity contribution is -0.137. The van der Waals surface area contributed by atoms with Crippen molar-refractivity contribution in [2.75, 3.05) is 0 Å². The number of isocyanates is 1. The van der Waals surface area contributed by atoms with E-state index in [0.717, 1.165) is 18.2 Å². The zero-order valence-corrected chi connectivity index (χ0v) is 7.17. The van der Waals surface area contributed by atoms with Gasteiger partial charge in [0.2, 0.25) is 6.08 Å². The first kappa shape index (κ1) is 11.0. The van der Waals surface area contributed by atoms with Gasteiger partial charge in [0, 0.05) is 0 Å². The van der Waals surface area contributed by atoms with Crippen molar-refractivity contribution in [1.82, 2.24) is 0 Å². The molecule has 76 valence electrons. The van der Waals surface area contributed by atoms with Crippen LogP contribution in [0.5, 0.6) is 0 Å². The van der Waals surface area contributed by atoms with E-state index in [-0.39, 0.29) is 5.56 Å². The van der Waals surface area contributed by atoms with E-state index in [1.807, 2.05) is 0 Å². The number of hydrogen-bond donors (Lipinski definition) is 0. The van der Waals surface area contributed by atoms with Gasteiger partial charge in [0.1, 0.15) is 0 Å². The van der Waals surface area contributed by atoms with Crippen molar-refractivity contribution in [1.29, 1.82) is 5.26 Å². The summed E-state index contributed by atoms with van der Waals surface area (Å²) >= 11 is 0. The number of nitrogens with zero attached hydrogens (tertiary/aromatic N) is 2. The van der Waals surface area contributed by atoms with E-state index in [1.165, 1.54) is 0 Å². The maximum absolute atomic E-state index is 12.4. The van der Waals surface area contributed by atoms with Crippen LogP contribution in [0.4, 0.5) is 18.9 Å². The Labute approximate surface area is 82.5 Å². The molecule has 1 aromatic carbocycles. The molecule has 1 rings (SSSR count). The number of benzene rings is 1. The number of halogens is 3. The third-order valence-electron chi connectivity index (χ3n) is 1.60. The van der Waals surface area contributed by atoms with Gasteiger partial charge in [0.05, 0.1) is 22.9 Å². The second-order valence-corrected chi connectivity index (χ2v) is 2.54. The van der Waals surface area contributed by atoms with Crippen LogP contribution in [0.3, 0.4) is 0 Å². The molecule has 15 heavy (non-hydrogen) atoms. The van der Waals surface area contributed by atoms with E-state index in [0.29, 0.717) is 6.07 Å². The highest BCUT2D eigenvalue weighted by molar-refractivity contribution is 5.57. The van der Waals surface area contributed by atoms with Gasteiger partial charge in [-0.3, -0.25) is 0 Å². The summed E-state index contributed by atoms with van der Waals surface area (Å²) in [5.74, 6) is 0. The number of rotatable bonds is 1. The van der Waals surface area contributed by atoms with E-state index in [4.69, 9.17) is 5.26 Å². The lowest BCUT2D eigenvalue weighted by Crippen LogP contribution is -2.05. The van der Waals surface area contributed by atoms with Gasteiger partial charge in [-0.15, -0.1) is 0 Å². The van der Waals surface area contributed by atoms with Crippen LogP contribution < -0.4 is 0 Å². The van der Waals surface area contributed by atoms with Crippen molar-refractivity contribution in [3.63, 3.8) is 0 Å². The van der Waals surface area contributed by atoms with Crippen LogP contribution in [0, 0.1) is 11.3 Å². The molecule has 0 heterocycles. The summed E-state index contributed by atoms with van der Waals surface area (Å²) in [4.78, 5) is 12.8. The smallest absolute Gasteiger partial charge is 0.211 e. The van der Waals surface area contributed by atoms with Gasteiger partial charge in [-0.2, -0.15) is 23.4 Å². The van der Waals surface area contributed by atoms with Crippen molar-refractivity contribution in [2.45, 2.75) is 6.18 Å². The first-order valence-electron chi connectivity index (χ1n) is 3.68. The number of nitriles is 1. The topological polar surface area (TPSA) is 53.2 Å². The highest BCUT2D eigenvalue weighted by atomic mass is 19.4. The average Bonchev–Trinajstić information content (AvgIpc) is 2.17. The van der Waals surface area contributed by atoms with E-state index >= 15 is 0 Å². The number of aliphatic imine (C=N–C) groups is 1. The Kier molecular flexibility index (Phi) is 2.88. The van der Waals surface area contributed by atoms with E-state index in [9.17, 15) is 18.0 Å². The van der Waals surface area contributed by atoms with Crippen molar-refractivity contribution in [3.8, 4) is 6.07 Å². The summed E-state index contributed by atoms with van der Waals surface area (Å²) in [5.41, 5.74) is -1.81. The van der Waals surface area contributed by atoms with Gasteiger partial charge in [0.25, 0.3) is 0 Å². The molecule has 0 aliphatic rings. The molecule has 0 aromatic heterocycles. The summed E-state index contributed by atoms with van der Waals surface area (Å²) in [6.45, 7) is 0. The minimum Gasteiger partial charge on any atom is -0.211 e. The Hall–Kier alpha value is -2.12. The molecule has 0 radical (unpaired) electrons. The number of carbonyl (C=O) groups excluding carboxylic acids is 1. The lowest BCUT2D eigenvalue weighted by Gasteiger charge is -2.08. The largest absolute Gasteiger partial charge is 0.418 e. The zero-order chi connectivity index (χ0) is 11.5. The monoisotopic (exact) mass is 212 g/mol. The molecule has 0 aliphatic carbocycles. The van der Waals surface area contributed by atoms with Gasteiger partial charge in [0.15, 0.2) is 0 Å². The minimum atomic E-state index is -4.65. The molecule has 0 bridgehead atoms. The Morgan fingerprint density at radius 2 is 2.00 bits per heavy atom. The zero-order valence-electron chi connectivity index (χ0n) is 7.17. The number of alkyl halides is 3. The van der Waals surface area contributed by atoms with Crippen LogP contribution in [0.25, 0.3) is 0 Å². The molecule has 0 fully saturated rings. The van der Waals surface area contributed by atoms with Crippen LogP contribution in [0.15, 0.2) is 23.2 Å². The first-order valence-corrected chi connectivity index (χ1v) is 3.68. The molecule has 1 aromatic rings. The fourth-order valence-corrected chi connectivity index (χ4v) is 0.979. The van der Waals surface area contributed by atoms with Crippen LogP contribution in [-0.2, 0) is 11.0 Å². The van der Waals surface area contributed by atoms with Gasteiger partial charge >= 0.3 is 6.18 Å². The predicted molar refractivity (Wildman–Crippen MR) is 43.9 cm³/mol. The van der Waals surface area contributed by atoms with Crippen molar-refractivity contribution < 1.29 is 18.0 Å². The van der Waals surface area contributed by atoms with Crippen LogP contribution in [-0.4, -0.2) is 6.08 Å². The fourth-order valence-electron chi connectivity index (χ4n) is 0.979. The molecular formula is C9H3F3N2O. The van der Waals surface area contributed by atoms with E-state index < -0.39 is 17.4 Å². The summed E-state index contributed by atoms with van der Waals surface area (Å²) < 4.78 is 37.2. The molecule has 0 saturated carbocycles. The maximum atomic E-state index is 12.4.